The summed E-state index contributed by atoms with van der Waals surface area (Å²) in [7, 11) is 1.57. The van der Waals surface area contributed by atoms with Gasteiger partial charge in [0.15, 0.2) is 0 Å². The molecule has 1 fully saturated rings. The van der Waals surface area contributed by atoms with E-state index in [2.05, 4.69) is 10.2 Å². The molecule has 0 saturated carbocycles. The zero-order valence-electron chi connectivity index (χ0n) is 15.1. The van der Waals surface area contributed by atoms with Crippen LogP contribution in [0.2, 0.25) is 0 Å². The van der Waals surface area contributed by atoms with Crippen molar-refractivity contribution in [2.45, 2.75) is 25.9 Å². The number of benzene rings is 1. The van der Waals surface area contributed by atoms with Gasteiger partial charge in [0, 0.05) is 37.3 Å². The number of nitrogens with one attached hydrogen (secondary N) is 1. The van der Waals surface area contributed by atoms with E-state index in [0.717, 1.165) is 0 Å². The van der Waals surface area contributed by atoms with Crippen LogP contribution in [0.4, 0.5) is 0 Å². The molecule has 1 aromatic rings. The molecule has 0 bridgehead atoms. The lowest BCUT2D eigenvalue weighted by Gasteiger charge is -2.44. The summed E-state index contributed by atoms with van der Waals surface area (Å²) in [5.74, 6) is 0.302. The number of hydrogen-bond acceptors (Lipinski definition) is 5. The molecule has 2 N–H and O–H groups in total. The largest absolute Gasteiger partial charge is 0.497 e. The van der Waals surface area contributed by atoms with Crippen LogP contribution in [-0.4, -0.2) is 78.7 Å². The van der Waals surface area contributed by atoms with E-state index in [4.69, 9.17) is 9.84 Å². The van der Waals surface area contributed by atoms with Gasteiger partial charge in [0.25, 0.3) is 5.91 Å². The van der Waals surface area contributed by atoms with E-state index >= 15 is 0 Å². The van der Waals surface area contributed by atoms with Gasteiger partial charge in [0.2, 0.25) is 5.91 Å². The second-order valence-electron chi connectivity index (χ2n) is 6.37. The maximum atomic E-state index is 12.4. The highest BCUT2D eigenvalue weighted by molar-refractivity contribution is 5.96. The van der Waals surface area contributed by atoms with E-state index in [9.17, 15) is 9.59 Å². The molecule has 1 aliphatic rings. The van der Waals surface area contributed by atoms with Crippen LogP contribution in [0.1, 0.15) is 24.2 Å². The van der Waals surface area contributed by atoms with Gasteiger partial charge in [0.1, 0.15) is 5.75 Å². The molecule has 1 aromatic carbocycles. The summed E-state index contributed by atoms with van der Waals surface area (Å²) >= 11 is 0. The molecule has 1 heterocycles. The average molecular weight is 349 g/mol. The van der Waals surface area contributed by atoms with Gasteiger partial charge in [-0.3, -0.25) is 14.5 Å². The van der Waals surface area contributed by atoms with E-state index in [-0.39, 0.29) is 37.0 Å². The van der Waals surface area contributed by atoms with Crippen LogP contribution in [-0.2, 0) is 4.79 Å². The minimum atomic E-state index is -0.281. The Kier molecular flexibility index (Phi) is 6.78. The molecule has 2 amide bonds. The standard InChI is InChI=1S/C18H27N3O4/c1-13-11-20(12-14(2)21(13)8-9-22)17(23)10-19-18(24)15-4-6-16(25-3)7-5-15/h4-7,13-14,22H,8-12H2,1-3H3,(H,19,24)/t13-,14+. The highest BCUT2D eigenvalue weighted by Gasteiger charge is 2.31. The number of piperazine rings is 1. The van der Waals surface area contributed by atoms with E-state index in [0.29, 0.717) is 30.9 Å². The Bertz CT molecular complexity index is 578. The Morgan fingerprint density at radius 3 is 2.32 bits per heavy atom. The quantitative estimate of drug-likeness (QED) is 0.774. The number of amides is 2. The van der Waals surface area contributed by atoms with E-state index in [1.165, 1.54) is 0 Å². The zero-order chi connectivity index (χ0) is 18.4. The Labute approximate surface area is 148 Å². The molecule has 25 heavy (non-hydrogen) atoms. The number of nitrogens with zero attached hydrogens (tertiary/aromatic N) is 2. The van der Waals surface area contributed by atoms with Crippen LogP contribution in [0.5, 0.6) is 5.75 Å². The van der Waals surface area contributed by atoms with E-state index < -0.39 is 0 Å². The maximum absolute atomic E-state index is 12.4. The fourth-order valence-electron chi connectivity index (χ4n) is 3.23. The Morgan fingerprint density at radius 1 is 1.20 bits per heavy atom. The van der Waals surface area contributed by atoms with Crippen LogP contribution in [0.15, 0.2) is 24.3 Å². The number of rotatable bonds is 6. The molecule has 2 rings (SSSR count). The number of carbonyl (C=O) groups excluding carboxylic acids is 2. The molecule has 1 aliphatic heterocycles. The fourth-order valence-corrected chi connectivity index (χ4v) is 3.23. The van der Waals surface area contributed by atoms with E-state index in [1.54, 1.807) is 36.3 Å². The Balaban J connectivity index is 1.86. The summed E-state index contributed by atoms with van der Waals surface area (Å²) in [6, 6.07) is 7.10. The smallest absolute Gasteiger partial charge is 0.251 e. The van der Waals surface area contributed by atoms with Crippen LogP contribution >= 0.6 is 0 Å². The molecule has 0 radical (unpaired) electrons. The third-order valence-electron chi connectivity index (χ3n) is 4.56. The first-order valence-electron chi connectivity index (χ1n) is 8.53. The molecule has 1 saturated heterocycles. The zero-order valence-corrected chi connectivity index (χ0v) is 15.1. The van der Waals surface area contributed by atoms with Crippen molar-refractivity contribution in [3.63, 3.8) is 0 Å². The van der Waals surface area contributed by atoms with E-state index in [1.807, 2.05) is 13.8 Å². The molecule has 0 aromatic heterocycles. The number of aliphatic hydroxyl groups is 1. The van der Waals surface area contributed by atoms with Crippen molar-refractivity contribution in [1.82, 2.24) is 15.1 Å². The summed E-state index contributed by atoms with van der Waals surface area (Å²) < 4.78 is 5.06. The third kappa shape index (κ3) is 4.93. The number of β-amino-alcohol motifs (C(OH)–C–C–N with tert-alkyl or cyclic N) is 1. The number of hydrogen-bond donors (Lipinski definition) is 2. The summed E-state index contributed by atoms with van der Waals surface area (Å²) in [6.45, 7) is 5.98. The van der Waals surface area contributed by atoms with Crippen molar-refractivity contribution in [2.24, 2.45) is 0 Å². The Morgan fingerprint density at radius 2 is 1.80 bits per heavy atom. The van der Waals surface area contributed by atoms with Crippen molar-refractivity contribution in [3.8, 4) is 5.75 Å². The first-order valence-corrected chi connectivity index (χ1v) is 8.53. The highest BCUT2D eigenvalue weighted by atomic mass is 16.5. The highest BCUT2D eigenvalue weighted by Crippen LogP contribution is 2.15. The predicted octanol–water partition coefficient (Wildman–Crippen LogP) is 0.339. The molecule has 7 heteroatoms. The minimum absolute atomic E-state index is 0.0235. The van der Waals surface area contributed by atoms with Gasteiger partial charge in [-0.25, -0.2) is 0 Å². The van der Waals surface area contributed by atoms with Crippen LogP contribution in [0, 0.1) is 0 Å². The minimum Gasteiger partial charge on any atom is -0.497 e. The van der Waals surface area contributed by atoms with Crippen LogP contribution < -0.4 is 10.1 Å². The molecular formula is C18H27N3O4. The second kappa shape index (κ2) is 8.82. The van der Waals surface area contributed by atoms with Gasteiger partial charge >= 0.3 is 0 Å². The van der Waals surface area contributed by atoms with Gasteiger partial charge in [-0.2, -0.15) is 0 Å². The molecule has 0 aliphatic carbocycles. The van der Waals surface area contributed by atoms with Crippen LogP contribution in [0.25, 0.3) is 0 Å². The lowest BCUT2D eigenvalue weighted by Crippen LogP contribution is -2.59. The molecular weight excluding hydrogens is 322 g/mol. The van der Waals surface area contributed by atoms with Crippen molar-refractivity contribution >= 4 is 11.8 Å². The summed E-state index contributed by atoms with van der Waals surface area (Å²) in [4.78, 5) is 28.5. The molecule has 0 unspecified atom stereocenters. The Hall–Kier alpha value is -2.12. The summed E-state index contributed by atoms with van der Waals surface area (Å²) in [5, 5.41) is 11.8. The first-order chi connectivity index (χ1) is 12.0. The van der Waals surface area contributed by atoms with Gasteiger partial charge in [-0.05, 0) is 38.1 Å². The maximum Gasteiger partial charge on any atom is 0.251 e. The molecule has 0 spiro atoms. The molecule has 138 valence electrons. The summed E-state index contributed by atoms with van der Waals surface area (Å²) in [5.41, 5.74) is 0.489. The number of carbonyl (C=O) groups is 2. The second-order valence-corrected chi connectivity index (χ2v) is 6.37. The van der Waals surface area contributed by atoms with Gasteiger partial charge in [-0.1, -0.05) is 0 Å². The van der Waals surface area contributed by atoms with Gasteiger partial charge in [0.05, 0.1) is 20.3 Å². The van der Waals surface area contributed by atoms with Crippen LogP contribution in [0.3, 0.4) is 0 Å². The molecule has 2 atom stereocenters. The lowest BCUT2D eigenvalue weighted by atomic mass is 10.1. The first kappa shape index (κ1) is 19.2. The average Bonchev–Trinajstić information content (AvgIpc) is 2.62. The predicted molar refractivity (Wildman–Crippen MR) is 94.6 cm³/mol. The van der Waals surface area contributed by atoms with Crippen molar-refractivity contribution in [1.29, 1.82) is 0 Å². The molecule has 7 nitrogen and oxygen atoms in total. The number of aliphatic hydroxyl groups excluding tert-OH is 1. The van der Waals surface area contributed by atoms with Crippen molar-refractivity contribution < 1.29 is 19.4 Å². The third-order valence-corrected chi connectivity index (χ3v) is 4.56. The fraction of sp³-hybridized carbons (Fsp3) is 0.556. The lowest BCUT2D eigenvalue weighted by molar-refractivity contribution is -0.134. The van der Waals surface area contributed by atoms with Crippen molar-refractivity contribution in [3.05, 3.63) is 29.8 Å². The monoisotopic (exact) mass is 349 g/mol. The van der Waals surface area contributed by atoms with Crippen molar-refractivity contribution in [2.75, 3.05) is 39.9 Å². The van der Waals surface area contributed by atoms with Gasteiger partial charge < -0.3 is 20.1 Å². The van der Waals surface area contributed by atoms with Gasteiger partial charge in [-0.15, -0.1) is 0 Å². The topological polar surface area (TPSA) is 82.1 Å². The normalized spacial score (nSPS) is 21.0. The summed E-state index contributed by atoms with van der Waals surface area (Å²) in [6.07, 6.45) is 0. The SMILES string of the molecule is COc1ccc(C(=O)NCC(=O)N2C[C@@H](C)N(CCO)[C@@H](C)C2)cc1. The number of methoxy groups -OCH3 is 1. The number of ether oxygens (including phenoxy) is 1.